The molecule has 2 aliphatic heterocycles. The number of alkyl carbamates (subject to hydrolysis) is 1. The van der Waals surface area contributed by atoms with Crippen LogP contribution in [0, 0.1) is 5.92 Å². The van der Waals surface area contributed by atoms with E-state index in [9.17, 15) is 29.1 Å². The van der Waals surface area contributed by atoms with Crippen molar-refractivity contribution in [3.05, 3.63) is 119 Å². The van der Waals surface area contributed by atoms with E-state index < -0.39 is 54.6 Å². The van der Waals surface area contributed by atoms with E-state index in [4.69, 9.17) is 14.2 Å². The number of carbonyl (C=O) groups is 5. The topological polar surface area (TPSA) is 161 Å². The molecule has 0 spiro atoms. The largest absolute Gasteiger partial charge is 0.461 e. The van der Waals surface area contributed by atoms with E-state index >= 15 is 0 Å². The number of carbonyl (C=O) groups excluding carboxylic acids is 5. The summed E-state index contributed by atoms with van der Waals surface area (Å²) in [6.07, 6.45) is 2.81. The minimum Gasteiger partial charge on any atom is -0.461 e. The molecule has 0 saturated heterocycles. The molecule has 0 bridgehead atoms. The van der Waals surface area contributed by atoms with Gasteiger partial charge in [-0.15, -0.1) is 0 Å². The molecule has 3 amide bonds. The number of aliphatic hydroxyl groups is 1. The molecule has 5 rings (SSSR count). The zero-order chi connectivity index (χ0) is 35.3. The summed E-state index contributed by atoms with van der Waals surface area (Å²) in [4.78, 5) is 68.0. The highest BCUT2D eigenvalue weighted by atomic mass is 16.6. The molecule has 50 heavy (non-hydrogen) atoms. The number of cyclic esters (lactones) is 1. The monoisotopic (exact) mass is 683 g/mol. The lowest BCUT2D eigenvalue weighted by molar-refractivity contribution is -0.156. The third kappa shape index (κ3) is 10.0. The summed E-state index contributed by atoms with van der Waals surface area (Å²) in [7, 11) is 0. The first-order valence-corrected chi connectivity index (χ1v) is 16.6. The highest BCUT2D eigenvalue weighted by molar-refractivity contribution is 5.90. The van der Waals surface area contributed by atoms with Crippen LogP contribution in [-0.4, -0.2) is 71.2 Å². The van der Waals surface area contributed by atoms with Crippen LogP contribution in [0.4, 0.5) is 4.79 Å². The van der Waals surface area contributed by atoms with E-state index in [2.05, 4.69) is 10.6 Å². The van der Waals surface area contributed by atoms with Gasteiger partial charge in [0.2, 0.25) is 11.8 Å². The molecular weight excluding hydrogens is 642 g/mol. The Hall–Kier alpha value is -5.49. The van der Waals surface area contributed by atoms with Gasteiger partial charge in [-0.05, 0) is 41.5 Å². The first-order chi connectivity index (χ1) is 24.3. The van der Waals surface area contributed by atoms with Crippen molar-refractivity contribution in [2.24, 2.45) is 5.92 Å². The first kappa shape index (κ1) is 35.8. The SMILES string of the molecule is O=C(NC1CC=CCC(CC(=O)N2Cc3ccccc3CC2CO)C(=O)NC(C(=O)OCc2ccccc2)COC1=O)OCc1ccccc1. The minimum atomic E-state index is -1.39. The van der Waals surface area contributed by atoms with Crippen LogP contribution in [0.2, 0.25) is 0 Å². The number of fused-ring (bicyclic) bond motifs is 1. The maximum absolute atomic E-state index is 13.7. The summed E-state index contributed by atoms with van der Waals surface area (Å²) in [5.74, 6) is -3.51. The number of nitrogens with one attached hydrogen (secondary N) is 2. The molecule has 2 heterocycles. The smallest absolute Gasteiger partial charge is 0.408 e. The molecular formula is C38H41N3O9. The molecule has 12 heteroatoms. The third-order valence-corrected chi connectivity index (χ3v) is 8.64. The summed E-state index contributed by atoms with van der Waals surface area (Å²) in [5.41, 5.74) is 3.50. The fourth-order valence-corrected chi connectivity index (χ4v) is 5.82. The Morgan fingerprint density at radius 3 is 2.14 bits per heavy atom. The van der Waals surface area contributed by atoms with Crippen LogP contribution in [-0.2, 0) is 59.6 Å². The summed E-state index contributed by atoms with van der Waals surface area (Å²) < 4.78 is 16.2. The average molecular weight is 684 g/mol. The quantitative estimate of drug-likeness (QED) is 0.175. The number of allylic oxidation sites excluding steroid dienone is 1. The molecule has 3 aromatic rings. The number of hydrogen-bond donors (Lipinski definition) is 3. The molecule has 2 aliphatic rings. The molecule has 4 atom stereocenters. The fraction of sp³-hybridized carbons (Fsp3) is 0.342. The Morgan fingerprint density at radius 2 is 1.46 bits per heavy atom. The van der Waals surface area contributed by atoms with Crippen molar-refractivity contribution < 1.29 is 43.3 Å². The Balaban J connectivity index is 1.31. The second-order valence-corrected chi connectivity index (χ2v) is 12.2. The van der Waals surface area contributed by atoms with Gasteiger partial charge in [-0.25, -0.2) is 14.4 Å². The van der Waals surface area contributed by atoms with Gasteiger partial charge in [0.1, 0.15) is 25.9 Å². The number of benzene rings is 3. The lowest BCUT2D eigenvalue weighted by Crippen LogP contribution is -2.50. The van der Waals surface area contributed by atoms with Crippen LogP contribution in [0.3, 0.4) is 0 Å². The van der Waals surface area contributed by atoms with Crippen LogP contribution in [0.15, 0.2) is 97.1 Å². The number of ether oxygens (including phenoxy) is 3. The maximum atomic E-state index is 13.7. The molecule has 12 nitrogen and oxygen atoms in total. The maximum Gasteiger partial charge on any atom is 0.408 e. The molecule has 0 fully saturated rings. The molecule has 262 valence electrons. The van der Waals surface area contributed by atoms with E-state index in [0.29, 0.717) is 18.5 Å². The van der Waals surface area contributed by atoms with Crippen molar-refractivity contribution >= 4 is 29.8 Å². The molecule has 0 saturated carbocycles. The predicted molar refractivity (Wildman–Crippen MR) is 181 cm³/mol. The van der Waals surface area contributed by atoms with Crippen LogP contribution >= 0.6 is 0 Å². The number of hydrogen-bond acceptors (Lipinski definition) is 9. The van der Waals surface area contributed by atoms with Gasteiger partial charge in [0.15, 0.2) is 6.04 Å². The zero-order valence-electron chi connectivity index (χ0n) is 27.6. The van der Waals surface area contributed by atoms with Gasteiger partial charge >= 0.3 is 18.0 Å². The lowest BCUT2D eigenvalue weighted by Gasteiger charge is -2.36. The Kier molecular flexibility index (Phi) is 12.7. The molecule has 4 unspecified atom stereocenters. The summed E-state index contributed by atoms with van der Waals surface area (Å²) >= 11 is 0. The number of nitrogens with zero attached hydrogens (tertiary/aromatic N) is 1. The van der Waals surface area contributed by atoms with Gasteiger partial charge < -0.3 is 34.9 Å². The van der Waals surface area contributed by atoms with E-state index in [1.807, 2.05) is 48.5 Å². The van der Waals surface area contributed by atoms with Crippen molar-refractivity contribution in [2.45, 2.75) is 63.6 Å². The molecule has 3 N–H and O–H groups in total. The van der Waals surface area contributed by atoms with Crippen LogP contribution in [0.5, 0.6) is 0 Å². The van der Waals surface area contributed by atoms with E-state index in [1.54, 1.807) is 53.5 Å². The predicted octanol–water partition coefficient (Wildman–Crippen LogP) is 3.35. The van der Waals surface area contributed by atoms with Gasteiger partial charge in [-0.2, -0.15) is 0 Å². The minimum absolute atomic E-state index is 0.000170. The fourth-order valence-electron chi connectivity index (χ4n) is 5.82. The first-order valence-electron chi connectivity index (χ1n) is 16.6. The highest BCUT2D eigenvalue weighted by Crippen LogP contribution is 2.25. The van der Waals surface area contributed by atoms with Crippen molar-refractivity contribution in [1.29, 1.82) is 0 Å². The average Bonchev–Trinajstić information content (AvgIpc) is 3.14. The third-order valence-electron chi connectivity index (χ3n) is 8.64. The summed E-state index contributed by atoms with van der Waals surface area (Å²) in [6.45, 7) is -0.611. The van der Waals surface area contributed by atoms with Crippen LogP contribution in [0.1, 0.15) is 41.5 Å². The van der Waals surface area contributed by atoms with Crippen LogP contribution < -0.4 is 10.6 Å². The number of rotatable bonds is 9. The Bertz CT molecular complexity index is 1660. The molecule has 3 aromatic carbocycles. The summed E-state index contributed by atoms with van der Waals surface area (Å²) in [6, 6.07) is 22.7. The lowest BCUT2D eigenvalue weighted by atomic mass is 9.92. The molecule has 0 radical (unpaired) electrons. The van der Waals surface area contributed by atoms with Crippen molar-refractivity contribution in [2.75, 3.05) is 13.2 Å². The Labute approximate surface area is 290 Å². The highest BCUT2D eigenvalue weighted by Gasteiger charge is 2.34. The van der Waals surface area contributed by atoms with Gasteiger partial charge in [-0.1, -0.05) is 97.1 Å². The van der Waals surface area contributed by atoms with E-state index in [0.717, 1.165) is 16.7 Å². The van der Waals surface area contributed by atoms with Crippen molar-refractivity contribution in [3.8, 4) is 0 Å². The van der Waals surface area contributed by atoms with Gasteiger partial charge in [-0.3, -0.25) is 9.59 Å². The van der Waals surface area contributed by atoms with Gasteiger partial charge in [0.25, 0.3) is 0 Å². The second kappa shape index (κ2) is 17.8. The molecule has 0 aromatic heterocycles. The number of esters is 2. The standard InChI is InChI=1S/C38H41N3O9/c42-22-31-19-28-15-7-8-17-30(28)21-41(31)34(43)20-29-16-9-10-18-32(40-38(47)50-24-27-13-5-2-6-14-27)36(45)49-25-33(39-35(29)44)37(46)48-23-26-11-3-1-4-12-26/h1-15,17,29,31-33,42H,16,18-25H2,(H,39,44)(H,40,47). The number of amides is 3. The van der Waals surface area contributed by atoms with Crippen molar-refractivity contribution in [3.63, 3.8) is 0 Å². The van der Waals surface area contributed by atoms with E-state index in [-0.39, 0.29) is 45.0 Å². The van der Waals surface area contributed by atoms with Crippen LogP contribution in [0.25, 0.3) is 0 Å². The Morgan fingerprint density at radius 1 is 0.840 bits per heavy atom. The summed E-state index contributed by atoms with van der Waals surface area (Å²) in [5, 5.41) is 15.3. The zero-order valence-corrected chi connectivity index (χ0v) is 27.6. The number of aliphatic hydroxyl groups excluding tert-OH is 1. The van der Waals surface area contributed by atoms with Gasteiger partial charge in [0.05, 0.1) is 18.6 Å². The molecule has 0 aliphatic carbocycles. The van der Waals surface area contributed by atoms with Gasteiger partial charge in [0, 0.05) is 13.0 Å². The second-order valence-electron chi connectivity index (χ2n) is 12.2. The van der Waals surface area contributed by atoms with E-state index in [1.165, 1.54) is 0 Å². The normalized spacial score (nSPS) is 20.9. The van der Waals surface area contributed by atoms with Crippen molar-refractivity contribution in [1.82, 2.24) is 15.5 Å².